The Kier molecular flexibility index (Phi) is 4.18. The molecule has 0 saturated heterocycles. The molecule has 0 radical (unpaired) electrons. The van der Waals surface area contributed by atoms with Crippen molar-refractivity contribution < 1.29 is 4.74 Å². The lowest BCUT2D eigenvalue weighted by Crippen LogP contribution is -2.01. The van der Waals surface area contributed by atoms with Gasteiger partial charge in [-0.3, -0.25) is 4.98 Å². The van der Waals surface area contributed by atoms with E-state index in [1.54, 1.807) is 6.20 Å². The SMILES string of the molecule is Cc1ccc(OCc2ccc(CN)cn2)c(Cl)c1. The predicted octanol–water partition coefficient (Wildman–Crippen LogP) is 3.08. The van der Waals surface area contributed by atoms with Crippen LogP contribution in [0.5, 0.6) is 5.75 Å². The highest BCUT2D eigenvalue weighted by molar-refractivity contribution is 6.32. The van der Waals surface area contributed by atoms with Gasteiger partial charge in [0.2, 0.25) is 0 Å². The van der Waals surface area contributed by atoms with Crippen molar-refractivity contribution in [2.24, 2.45) is 5.73 Å². The van der Waals surface area contributed by atoms with Crippen molar-refractivity contribution in [3.8, 4) is 5.75 Å². The summed E-state index contributed by atoms with van der Waals surface area (Å²) in [5.41, 5.74) is 8.48. The van der Waals surface area contributed by atoms with E-state index in [4.69, 9.17) is 22.1 Å². The number of ether oxygens (including phenoxy) is 1. The zero-order chi connectivity index (χ0) is 13.0. The Balaban J connectivity index is 2.02. The van der Waals surface area contributed by atoms with Crippen molar-refractivity contribution in [3.63, 3.8) is 0 Å². The molecular formula is C14H15ClN2O. The standard InChI is InChI=1S/C14H15ClN2O/c1-10-2-5-14(13(15)6-10)18-9-12-4-3-11(7-16)8-17-12/h2-6,8H,7,9,16H2,1H3. The number of pyridine rings is 1. The number of aryl methyl sites for hydroxylation is 1. The minimum absolute atomic E-state index is 0.396. The highest BCUT2D eigenvalue weighted by Gasteiger charge is 2.02. The fraction of sp³-hybridized carbons (Fsp3) is 0.214. The van der Waals surface area contributed by atoms with Gasteiger partial charge in [0.1, 0.15) is 12.4 Å². The smallest absolute Gasteiger partial charge is 0.138 e. The quantitative estimate of drug-likeness (QED) is 0.921. The third kappa shape index (κ3) is 3.22. The van der Waals surface area contributed by atoms with E-state index in [1.807, 2.05) is 37.3 Å². The maximum absolute atomic E-state index is 6.08. The van der Waals surface area contributed by atoms with Gasteiger partial charge < -0.3 is 10.5 Å². The maximum Gasteiger partial charge on any atom is 0.138 e. The normalized spacial score (nSPS) is 10.4. The molecule has 0 bridgehead atoms. The molecule has 0 aliphatic rings. The zero-order valence-corrected chi connectivity index (χ0v) is 10.9. The molecule has 1 heterocycles. The van der Waals surface area contributed by atoms with E-state index in [0.717, 1.165) is 16.8 Å². The van der Waals surface area contributed by atoms with Crippen molar-refractivity contribution in [2.75, 3.05) is 0 Å². The Labute approximate surface area is 112 Å². The van der Waals surface area contributed by atoms with Crippen molar-refractivity contribution >= 4 is 11.6 Å². The molecule has 0 spiro atoms. The topological polar surface area (TPSA) is 48.1 Å². The summed E-state index contributed by atoms with van der Waals surface area (Å²) in [7, 11) is 0. The Bertz CT molecular complexity index is 526. The van der Waals surface area contributed by atoms with Crippen LogP contribution in [0.25, 0.3) is 0 Å². The summed E-state index contributed by atoms with van der Waals surface area (Å²) in [5, 5.41) is 0.619. The summed E-state index contributed by atoms with van der Waals surface area (Å²) in [6.07, 6.45) is 1.76. The number of nitrogens with zero attached hydrogens (tertiary/aromatic N) is 1. The van der Waals surface area contributed by atoms with Crippen LogP contribution in [0, 0.1) is 6.92 Å². The average Bonchev–Trinajstić information content (AvgIpc) is 2.38. The molecule has 18 heavy (non-hydrogen) atoms. The predicted molar refractivity (Wildman–Crippen MR) is 72.6 cm³/mol. The van der Waals surface area contributed by atoms with Crippen molar-refractivity contribution in [1.82, 2.24) is 4.98 Å². The van der Waals surface area contributed by atoms with Gasteiger partial charge in [-0.1, -0.05) is 23.7 Å². The molecule has 94 valence electrons. The van der Waals surface area contributed by atoms with Crippen LogP contribution in [0.2, 0.25) is 5.02 Å². The molecule has 2 aromatic rings. The highest BCUT2D eigenvalue weighted by atomic mass is 35.5. The largest absolute Gasteiger partial charge is 0.486 e. The van der Waals surface area contributed by atoms with E-state index in [9.17, 15) is 0 Å². The first-order valence-electron chi connectivity index (χ1n) is 5.72. The van der Waals surface area contributed by atoms with Gasteiger partial charge in [0, 0.05) is 12.7 Å². The van der Waals surface area contributed by atoms with E-state index in [2.05, 4.69) is 4.98 Å². The third-order valence-corrected chi connectivity index (χ3v) is 2.88. The van der Waals surface area contributed by atoms with Crippen LogP contribution in [-0.2, 0) is 13.2 Å². The second kappa shape index (κ2) is 5.85. The van der Waals surface area contributed by atoms with Gasteiger partial charge in [-0.25, -0.2) is 0 Å². The summed E-state index contributed by atoms with van der Waals surface area (Å²) in [6, 6.07) is 9.56. The van der Waals surface area contributed by atoms with Crippen molar-refractivity contribution in [3.05, 3.63) is 58.4 Å². The number of benzene rings is 1. The molecule has 3 nitrogen and oxygen atoms in total. The monoisotopic (exact) mass is 262 g/mol. The van der Waals surface area contributed by atoms with Crippen LogP contribution < -0.4 is 10.5 Å². The van der Waals surface area contributed by atoms with Crippen molar-refractivity contribution in [1.29, 1.82) is 0 Å². The minimum atomic E-state index is 0.396. The van der Waals surface area contributed by atoms with Gasteiger partial charge >= 0.3 is 0 Å². The van der Waals surface area contributed by atoms with Crippen LogP contribution in [0.1, 0.15) is 16.8 Å². The lowest BCUT2D eigenvalue weighted by atomic mass is 10.2. The van der Waals surface area contributed by atoms with Gasteiger partial charge in [-0.05, 0) is 36.2 Å². The second-order valence-electron chi connectivity index (χ2n) is 4.08. The number of hydrogen-bond donors (Lipinski definition) is 1. The third-order valence-electron chi connectivity index (χ3n) is 2.58. The molecule has 0 saturated carbocycles. The Hall–Kier alpha value is -1.58. The molecule has 0 fully saturated rings. The van der Waals surface area contributed by atoms with Crippen LogP contribution in [-0.4, -0.2) is 4.98 Å². The molecule has 0 atom stereocenters. The molecule has 0 unspecified atom stereocenters. The van der Waals surface area contributed by atoms with Crippen LogP contribution in [0.3, 0.4) is 0 Å². The Morgan fingerprint density at radius 1 is 1.28 bits per heavy atom. The van der Waals surface area contributed by atoms with Gasteiger partial charge in [0.15, 0.2) is 0 Å². The summed E-state index contributed by atoms with van der Waals surface area (Å²) in [5.74, 6) is 0.673. The summed E-state index contributed by atoms with van der Waals surface area (Å²) >= 11 is 6.08. The lowest BCUT2D eigenvalue weighted by Gasteiger charge is -2.08. The molecule has 2 rings (SSSR count). The fourth-order valence-electron chi connectivity index (χ4n) is 1.54. The van der Waals surface area contributed by atoms with Gasteiger partial charge in [0.25, 0.3) is 0 Å². The van der Waals surface area contributed by atoms with Gasteiger partial charge in [0.05, 0.1) is 10.7 Å². The molecule has 0 aliphatic heterocycles. The van der Waals surface area contributed by atoms with Gasteiger partial charge in [-0.2, -0.15) is 0 Å². The summed E-state index contributed by atoms with van der Waals surface area (Å²) in [4.78, 5) is 4.26. The molecule has 1 aromatic heterocycles. The Morgan fingerprint density at radius 3 is 2.72 bits per heavy atom. The maximum atomic E-state index is 6.08. The molecule has 0 aliphatic carbocycles. The van der Waals surface area contributed by atoms with E-state index in [0.29, 0.717) is 23.9 Å². The van der Waals surface area contributed by atoms with E-state index in [1.165, 1.54) is 0 Å². The summed E-state index contributed by atoms with van der Waals surface area (Å²) in [6.45, 7) is 2.88. The number of aromatic nitrogens is 1. The highest BCUT2D eigenvalue weighted by Crippen LogP contribution is 2.25. The first-order valence-corrected chi connectivity index (χ1v) is 6.09. The molecule has 1 aromatic carbocycles. The van der Waals surface area contributed by atoms with Crippen molar-refractivity contribution in [2.45, 2.75) is 20.1 Å². The van der Waals surface area contributed by atoms with E-state index < -0.39 is 0 Å². The van der Waals surface area contributed by atoms with Gasteiger partial charge in [-0.15, -0.1) is 0 Å². The van der Waals surface area contributed by atoms with Crippen LogP contribution in [0.4, 0.5) is 0 Å². The number of hydrogen-bond acceptors (Lipinski definition) is 3. The average molecular weight is 263 g/mol. The van der Waals surface area contributed by atoms with E-state index in [-0.39, 0.29) is 0 Å². The second-order valence-corrected chi connectivity index (χ2v) is 4.49. The molecule has 2 N–H and O–H groups in total. The number of rotatable bonds is 4. The molecule has 4 heteroatoms. The first-order chi connectivity index (χ1) is 8.69. The van der Waals surface area contributed by atoms with Crippen LogP contribution >= 0.6 is 11.6 Å². The molecule has 0 amide bonds. The minimum Gasteiger partial charge on any atom is -0.486 e. The molecular weight excluding hydrogens is 248 g/mol. The van der Waals surface area contributed by atoms with Crippen LogP contribution in [0.15, 0.2) is 36.5 Å². The first kappa shape index (κ1) is 12.9. The lowest BCUT2D eigenvalue weighted by molar-refractivity contribution is 0.301. The number of halogens is 1. The van der Waals surface area contributed by atoms with E-state index >= 15 is 0 Å². The fourth-order valence-corrected chi connectivity index (χ4v) is 1.83. The number of nitrogens with two attached hydrogens (primary N) is 1. The summed E-state index contributed by atoms with van der Waals surface area (Å²) < 4.78 is 5.63. The zero-order valence-electron chi connectivity index (χ0n) is 10.2. The Morgan fingerprint density at radius 2 is 2.11 bits per heavy atom.